The van der Waals surface area contributed by atoms with Crippen molar-refractivity contribution >= 4 is 33.4 Å². The molecule has 0 spiro atoms. The molecule has 1 heterocycles. The summed E-state index contributed by atoms with van der Waals surface area (Å²) < 4.78 is 5.81. The molecule has 1 unspecified atom stereocenters. The molecule has 7 heteroatoms. The number of thiophene rings is 1. The summed E-state index contributed by atoms with van der Waals surface area (Å²) in [4.78, 5) is 16.5. The van der Waals surface area contributed by atoms with Gasteiger partial charge in [0.1, 0.15) is 6.10 Å². The molecular formula is C21H31N3O3S. The van der Waals surface area contributed by atoms with Gasteiger partial charge >= 0.3 is 5.97 Å². The third-order valence-corrected chi connectivity index (χ3v) is 5.58. The van der Waals surface area contributed by atoms with Crippen molar-refractivity contribution in [3.63, 3.8) is 0 Å². The van der Waals surface area contributed by atoms with Gasteiger partial charge in [0.25, 0.3) is 0 Å². The highest BCUT2D eigenvalue weighted by atomic mass is 32.1. The van der Waals surface area contributed by atoms with E-state index in [0.29, 0.717) is 13.0 Å². The highest BCUT2D eigenvalue weighted by Crippen LogP contribution is 2.29. The molecule has 0 aliphatic rings. The molecule has 2 aromatic rings. The van der Waals surface area contributed by atoms with Crippen molar-refractivity contribution in [2.24, 2.45) is 4.99 Å². The van der Waals surface area contributed by atoms with E-state index in [1.165, 1.54) is 11.8 Å². The minimum atomic E-state index is -0.605. The number of nitrogens with one attached hydrogen (secondary N) is 2. The van der Waals surface area contributed by atoms with Gasteiger partial charge < -0.3 is 20.5 Å². The molecule has 6 nitrogen and oxygen atoms in total. The Hall–Kier alpha value is -2.12. The van der Waals surface area contributed by atoms with Crippen LogP contribution in [0.4, 0.5) is 0 Å². The van der Waals surface area contributed by atoms with Gasteiger partial charge in [-0.25, -0.2) is 0 Å². The molecule has 0 aliphatic heterocycles. The van der Waals surface area contributed by atoms with E-state index in [1.807, 2.05) is 25.1 Å². The van der Waals surface area contributed by atoms with Gasteiger partial charge in [-0.1, -0.05) is 31.0 Å². The van der Waals surface area contributed by atoms with Gasteiger partial charge in [0.15, 0.2) is 5.96 Å². The zero-order valence-corrected chi connectivity index (χ0v) is 17.6. The predicted octanol–water partition coefficient (Wildman–Crippen LogP) is 3.61. The number of carbonyl (C=O) groups is 1. The maximum atomic E-state index is 11.1. The number of methoxy groups -OCH3 is 1. The Bertz CT molecular complexity index is 727. The van der Waals surface area contributed by atoms with E-state index in [4.69, 9.17) is 0 Å². The molecule has 1 atom stereocenters. The zero-order chi connectivity index (χ0) is 20.2. The molecule has 3 N–H and O–H groups in total. The minimum absolute atomic E-state index is 0.142. The first-order valence-electron chi connectivity index (χ1n) is 9.89. The lowest BCUT2D eigenvalue weighted by molar-refractivity contribution is -0.140. The van der Waals surface area contributed by atoms with Gasteiger partial charge in [-0.3, -0.25) is 9.79 Å². The standard InChI is InChI=1S/C21H31N3O3S/c1-3-22-21(23-13-9-5-4-6-12-20(26)27-2)24-15-17(25)19-14-16-10-7-8-11-18(16)28-19/h7-8,10-11,14,17,25H,3-6,9,12-13,15H2,1-2H3,(H2,22,23,24). The summed E-state index contributed by atoms with van der Waals surface area (Å²) in [5.74, 6) is 0.578. The van der Waals surface area contributed by atoms with Crippen LogP contribution in [0.3, 0.4) is 0 Å². The molecule has 0 bridgehead atoms. The zero-order valence-electron chi connectivity index (χ0n) is 16.7. The topological polar surface area (TPSA) is 83.0 Å². The fourth-order valence-corrected chi connectivity index (χ4v) is 3.87. The van der Waals surface area contributed by atoms with Gasteiger partial charge in [-0.2, -0.15) is 0 Å². The van der Waals surface area contributed by atoms with Crippen molar-refractivity contribution in [1.29, 1.82) is 0 Å². The number of ether oxygens (including phenoxy) is 1. The van der Waals surface area contributed by atoms with Crippen LogP contribution in [0.1, 0.15) is 50.0 Å². The van der Waals surface area contributed by atoms with Gasteiger partial charge in [-0.15, -0.1) is 11.3 Å². The quantitative estimate of drug-likeness (QED) is 0.230. The van der Waals surface area contributed by atoms with Crippen LogP contribution in [0.2, 0.25) is 0 Å². The number of hydrogen-bond donors (Lipinski definition) is 3. The van der Waals surface area contributed by atoms with Crippen molar-refractivity contribution in [2.45, 2.75) is 45.1 Å². The predicted molar refractivity (Wildman–Crippen MR) is 116 cm³/mol. The van der Waals surface area contributed by atoms with Crippen LogP contribution in [0.15, 0.2) is 35.3 Å². The maximum absolute atomic E-state index is 11.1. The first-order valence-corrected chi connectivity index (χ1v) is 10.7. The number of aliphatic hydroxyl groups is 1. The molecular weight excluding hydrogens is 374 g/mol. The summed E-state index contributed by atoms with van der Waals surface area (Å²) in [7, 11) is 1.42. The Balaban J connectivity index is 1.74. The average Bonchev–Trinajstić information content (AvgIpc) is 3.15. The van der Waals surface area contributed by atoms with Crippen LogP contribution in [-0.2, 0) is 9.53 Å². The number of unbranched alkanes of at least 4 members (excludes halogenated alkanes) is 3. The molecule has 28 heavy (non-hydrogen) atoms. The highest BCUT2D eigenvalue weighted by molar-refractivity contribution is 7.19. The van der Waals surface area contributed by atoms with Crippen molar-refractivity contribution in [3.8, 4) is 0 Å². The third-order valence-electron chi connectivity index (χ3n) is 4.37. The lowest BCUT2D eigenvalue weighted by Gasteiger charge is -2.12. The highest BCUT2D eigenvalue weighted by Gasteiger charge is 2.11. The van der Waals surface area contributed by atoms with Gasteiger partial charge in [0, 0.05) is 29.1 Å². The Morgan fingerprint density at radius 2 is 2.00 bits per heavy atom. The summed E-state index contributed by atoms with van der Waals surface area (Å²) in [6, 6.07) is 10.2. The summed E-state index contributed by atoms with van der Waals surface area (Å²) in [5.41, 5.74) is 0. The molecule has 2 rings (SSSR count). The molecule has 0 aliphatic carbocycles. The van der Waals surface area contributed by atoms with Crippen molar-refractivity contribution < 1.29 is 14.6 Å². The summed E-state index contributed by atoms with van der Waals surface area (Å²) in [6.45, 7) is 3.92. The number of esters is 1. The van der Waals surface area contributed by atoms with Crippen LogP contribution in [0, 0.1) is 0 Å². The summed E-state index contributed by atoms with van der Waals surface area (Å²) in [6.07, 6.45) is 3.81. The molecule has 0 fully saturated rings. The second-order valence-electron chi connectivity index (χ2n) is 6.59. The number of rotatable bonds is 11. The van der Waals surface area contributed by atoms with E-state index in [2.05, 4.69) is 32.5 Å². The number of aliphatic hydroxyl groups excluding tert-OH is 1. The lowest BCUT2D eigenvalue weighted by Crippen LogP contribution is -2.38. The largest absolute Gasteiger partial charge is 0.469 e. The number of aliphatic imine (C=N–C) groups is 1. The van der Waals surface area contributed by atoms with Crippen LogP contribution in [0.25, 0.3) is 10.1 Å². The molecule has 0 saturated carbocycles. The molecule has 1 aromatic carbocycles. The summed E-state index contributed by atoms with van der Waals surface area (Å²) >= 11 is 1.61. The number of guanidine groups is 1. The third kappa shape index (κ3) is 7.48. The van der Waals surface area contributed by atoms with Gasteiger partial charge in [0.05, 0.1) is 13.7 Å². The maximum Gasteiger partial charge on any atom is 0.305 e. The smallest absolute Gasteiger partial charge is 0.305 e. The Morgan fingerprint density at radius 3 is 2.75 bits per heavy atom. The summed E-state index contributed by atoms with van der Waals surface area (Å²) in [5, 5.41) is 18.2. The molecule has 1 aromatic heterocycles. The normalized spacial score (nSPS) is 12.8. The van der Waals surface area contributed by atoms with E-state index >= 15 is 0 Å². The van der Waals surface area contributed by atoms with Crippen molar-refractivity contribution in [1.82, 2.24) is 10.6 Å². The average molecular weight is 406 g/mol. The molecule has 0 amide bonds. The number of nitrogens with zero attached hydrogens (tertiary/aromatic N) is 1. The number of fused-ring (bicyclic) bond motifs is 1. The van der Waals surface area contributed by atoms with E-state index < -0.39 is 6.10 Å². The van der Waals surface area contributed by atoms with E-state index in [-0.39, 0.29) is 5.97 Å². The SMILES string of the molecule is CCNC(=NCC(O)c1cc2ccccc2s1)NCCCCCCC(=O)OC. The molecule has 0 radical (unpaired) electrons. The minimum Gasteiger partial charge on any atom is -0.469 e. The van der Waals surface area contributed by atoms with Crippen molar-refractivity contribution in [3.05, 3.63) is 35.2 Å². The van der Waals surface area contributed by atoms with E-state index in [0.717, 1.165) is 55.0 Å². The van der Waals surface area contributed by atoms with Crippen LogP contribution < -0.4 is 10.6 Å². The van der Waals surface area contributed by atoms with Crippen LogP contribution in [0.5, 0.6) is 0 Å². The first kappa shape index (κ1) is 22.2. The monoisotopic (exact) mass is 405 g/mol. The number of hydrogen-bond acceptors (Lipinski definition) is 5. The fraction of sp³-hybridized carbons (Fsp3) is 0.524. The Labute approximate surface area is 171 Å². The number of carbonyl (C=O) groups excluding carboxylic acids is 1. The van der Waals surface area contributed by atoms with Crippen LogP contribution >= 0.6 is 11.3 Å². The second-order valence-corrected chi connectivity index (χ2v) is 7.70. The van der Waals surface area contributed by atoms with Gasteiger partial charge in [-0.05, 0) is 37.3 Å². The first-order chi connectivity index (χ1) is 13.6. The fourth-order valence-electron chi connectivity index (χ4n) is 2.83. The molecule has 154 valence electrons. The Morgan fingerprint density at radius 1 is 1.21 bits per heavy atom. The van der Waals surface area contributed by atoms with Crippen LogP contribution in [-0.4, -0.2) is 43.8 Å². The Kier molecular flexibility index (Phi) is 9.79. The second kappa shape index (κ2) is 12.4. The van der Waals surface area contributed by atoms with Crippen molar-refractivity contribution in [2.75, 3.05) is 26.7 Å². The lowest BCUT2D eigenvalue weighted by atomic mass is 10.1. The van der Waals surface area contributed by atoms with E-state index in [9.17, 15) is 9.90 Å². The van der Waals surface area contributed by atoms with E-state index in [1.54, 1.807) is 11.3 Å². The number of benzene rings is 1. The molecule has 0 saturated heterocycles. The van der Waals surface area contributed by atoms with Gasteiger partial charge in [0.2, 0.25) is 0 Å².